The number of anilines is 1. The van der Waals surface area contributed by atoms with Crippen LogP contribution in [0.1, 0.15) is 59.2 Å². The summed E-state index contributed by atoms with van der Waals surface area (Å²) in [4.78, 5) is 20.6. The topological polar surface area (TPSA) is 88.5 Å². The second kappa shape index (κ2) is 7.40. The number of imidazole rings is 1. The first kappa shape index (κ1) is 18.5. The average molecular weight is 400 g/mol. The van der Waals surface area contributed by atoms with Crippen LogP contribution in [-0.2, 0) is 13.5 Å². The van der Waals surface area contributed by atoms with Gasteiger partial charge in [-0.25, -0.2) is 4.98 Å². The average Bonchev–Trinajstić information content (AvgIpc) is 3.37. The number of rotatable bonds is 6. The molecule has 1 amide bonds. The van der Waals surface area contributed by atoms with Gasteiger partial charge in [0.25, 0.3) is 5.91 Å². The lowest BCUT2D eigenvalue weighted by atomic mass is 9.97. The third-order valence-corrected chi connectivity index (χ3v) is 5.78. The molecule has 2 aromatic carbocycles. The van der Waals surface area contributed by atoms with Gasteiger partial charge < -0.3 is 14.9 Å². The molecule has 2 N–H and O–H groups in total. The maximum Gasteiger partial charge on any atom is 0.291 e. The first-order chi connectivity index (χ1) is 14.6. The van der Waals surface area contributed by atoms with Gasteiger partial charge in [-0.15, -0.1) is 10.2 Å². The van der Waals surface area contributed by atoms with E-state index in [9.17, 15) is 4.79 Å². The molecule has 5 rings (SSSR count). The third-order valence-electron chi connectivity index (χ3n) is 5.78. The SMILES string of the molecule is C[C@H](Cc1nncn1C)c1cccc(NC(=O)c2nc3c(C4CC4)cccc3[nH]2)c1. The van der Waals surface area contributed by atoms with E-state index >= 15 is 0 Å². The summed E-state index contributed by atoms with van der Waals surface area (Å²) in [7, 11) is 1.95. The molecule has 0 saturated heterocycles. The number of carbonyl (C=O) groups excluding carboxylic acids is 1. The zero-order valence-corrected chi connectivity index (χ0v) is 17.1. The number of H-pyrrole nitrogens is 1. The molecule has 0 unspecified atom stereocenters. The van der Waals surface area contributed by atoms with E-state index in [-0.39, 0.29) is 11.8 Å². The van der Waals surface area contributed by atoms with Gasteiger partial charge >= 0.3 is 0 Å². The lowest BCUT2D eigenvalue weighted by molar-refractivity contribution is 0.101. The molecule has 1 atom stereocenters. The van der Waals surface area contributed by atoms with Crippen LogP contribution in [0.5, 0.6) is 0 Å². The van der Waals surface area contributed by atoms with Gasteiger partial charge in [0.2, 0.25) is 0 Å². The van der Waals surface area contributed by atoms with Gasteiger partial charge in [-0.05, 0) is 54.0 Å². The van der Waals surface area contributed by atoms with E-state index in [1.165, 1.54) is 18.4 Å². The molecule has 1 aliphatic carbocycles. The van der Waals surface area contributed by atoms with Crippen LogP contribution in [0, 0.1) is 0 Å². The Hall–Kier alpha value is -3.48. The maximum atomic E-state index is 12.8. The Bertz CT molecular complexity index is 1220. The molecule has 30 heavy (non-hydrogen) atoms. The van der Waals surface area contributed by atoms with Crippen molar-refractivity contribution in [3.05, 3.63) is 71.6 Å². The van der Waals surface area contributed by atoms with Crippen molar-refractivity contribution < 1.29 is 4.79 Å². The Balaban J connectivity index is 1.34. The molecule has 1 fully saturated rings. The number of fused-ring (bicyclic) bond motifs is 1. The quantitative estimate of drug-likeness (QED) is 0.508. The highest BCUT2D eigenvalue weighted by molar-refractivity contribution is 6.03. The van der Waals surface area contributed by atoms with E-state index in [0.717, 1.165) is 34.5 Å². The fourth-order valence-electron chi connectivity index (χ4n) is 3.88. The van der Waals surface area contributed by atoms with Crippen LogP contribution in [0.4, 0.5) is 5.69 Å². The Morgan fingerprint density at radius 2 is 2.10 bits per heavy atom. The predicted octanol–water partition coefficient (Wildman–Crippen LogP) is 4.17. The Kier molecular flexibility index (Phi) is 4.58. The summed E-state index contributed by atoms with van der Waals surface area (Å²) in [6.07, 6.45) is 4.89. The van der Waals surface area contributed by atoms with E-state index in [1.54, 1.807) is 6.33 Å². The van der Waals surface area contributed by atoms with Crippen LogP contribution in [0.2, 0.25) is 0 Å². The number of para-hydroxylation sites is 1. The number of amides is 1. The number of aromatic nitrogens is 5. The Morgan fingerprint density at radius 3 is 2.87 bits per heavy atom. The lowest BCUT2D eigenvalue weighted by Crippen LogP contribution is -2.14. The van der Waals surface area contributed by atoms with Crippen LogP contribution < -0.4 is 5.32 Å². The molecule has 7 heteroatoms. The molecule has 7 nitrogen and oxygen atoms in total. The minimum atomic E-state index is -0.231. The van der Waals surface area contributed by atoms with E-state index in [4.69, 9.17) is 0 Å². The van der Waals surface area contributed by atoms with Crippen molar-refractivity contribution >= 4 is 22.6 Å². The van der Waals surface area contributed by atoms with Gasteiger partial charge in [0, 0.05) is 19.2 Å². The molecular weight excluding hydrogens is 376 g/mol. The fraction of sp³-hybridized carbons (Fsp3) is 0.304. The van der Waals surface area contributed by atoms with Crippen molar-refractivity contribution in [2.24, 2.45) is 7.05 Å². The second-order valence-electron chi connectivity index (χ2n) is 8.15. The van der Waals surface area contributed by atoms with Crippen LogP contribution in [-0.4, -0.2) is 30.6 Å². The van der Waals surface area contributed by atoms with Crippen LogP contribution >= 0.6 is 0 Å². The highest BCUT2D eigenvalue weighted by Crippen LogP contribution is 2.42. The summed E-state index contributed by atoms with van der Waals surface area (Å²) in [5.74, 6) is 1.88. The molecule has 0 bridgehead atoms. The van der Waals surface area contributed by atoms with E-state index < -0.39 is 0 Å². The number of carbonyl (C=O) groups is 1. The van der Waals surface area contributed by atoms with Gasteiger partial charge in [0.1, 0.15) is 12.2 Å². The fourth-order valence-corrected chi connectivity index (χ4v) is 3.88. The Labute approximate surface area is 174 Å². The third kappa shape index (κ3) is 3.58. The van der Waals surface area contributed by atoms with Crippen molar-refractivity contribution in [2.45, 2.75) is 38.0 Å². The standard InChI is InChI=1S/C23H24N6O/c1-14(11-20-28-24-13-29(20)2)16-5-3-6-17(12-16)25-23(30)22-26-19-8-4-7-18(15-9-10-15)21(19)27-22/h3-8,12-15H,9-11H2,1-2H3,(H,25,30)(H,26,27)/t14-/m1/s1. The van der Waals surface area contributed by atoms with Gasteiger partial charge in [0.05, 0.1) is 11.0 Å². The van der Waals surface area contributed by atoms with E-state index in [1.807, 2.05) is 41.9 Å². The minimum Gasteiger partial charge on any atom is -0.334 e. The maximum absolute atomic E-state index is 12.8. The van der Waals surface area contributed by atoms with Crippen molar-refractivity contribution in [3.8, 4) is 0 Å². The van der Waals surface area contributed by atoms with Crippen LogP contribution in [0.25, 0.3) is 11.0 Å². The van der Waals surface area contributed by atoms with Gasteiger partial charge in [-0.1, -0.05) is 31.2 Å². The smallest absolute Gasteiger partial charge is 0.291 e. The number of nitrogens with one attached hydrogen (secondary N) is 2. The van der Waals surface area contributed by atoms with Crippen molar-refractivity contribution in [2.75, 3.05) is 5.32 Å². The molecule has 1 aliphatic rings. The predicted molar refractivity (Wildman–Crippen MR) is 116 cm³/mol. The first-order valence-electron chi connectivity index (χ1n) is 10.3. The lowest BCUT2D eigenvalue weighted by Gasteiger charge is -2.13. The summed E-state index contributed by atoms with van der Waals surface area (Å²) in [5, 5.41) is 11.1. The molecule has 4 aromatic rings. The summed E-state index contributed by atoms with van der Waals surface area (Å²) in [6, 6.07) is 14.1. The number of hydrogen-bond donors (Lipinski definition) is 2. The number of aromatic amines is 1. The summed E-state index contributed by atoms with van der Waals surface area (Å²) in [6.45, 7) is 2.15. The first-order valence-corrected chi connectivity index (χ1v) is 10.3. The molecular formula is C23H24N6O. The second-order valence-corrected chi connectivity index (χ2v) is 8.15. The molecule has 0 aliphatic heterocycles. The summed E-state index contributed by atoms with van der Waals surface area (Å²) in [5.41, 5.74) is 4.95. The van der Waals surface area contributed by atoms with Gasteiger partial charge in [-0.2, -0.15) is 0 Å². The number of benzene rings is 2. The molecule has 152 valence electrons. The molecule has 0 spiro atoms. The normalized spacial score (nSPS) is 14.7. The largest absolute Gasteiger partial charge is 0.334 e. The highest BCUT2D eigenvalue weighted by atomic mass is 16.2. The Morgan fingerprint density at radius 1 is 1.27 bits per heavy atom. The zero-order valence-electron chi connectivity index (χ0n) is 17.1. The van der Waals surface area contributed by atoms with Gasteiger partial charge in [-0.3, -0.25) is 4.79 Å². The van der Waals surface area contributed by atoms with Crippen molar-refractivity contribution in [1.29, 1.82) is 0 Å². The van der Waals surface area contributed by atoms with Crippen LogP contribution in [0.3, 0.4) is 0 Å². The van der Waals surface area contributed by atoms with Crippen molar-refractivity contribution in [1.82, 2.24) is 24.7 Å². The van der Waals surface area contributed by atoms with Crippen molar-refractivity contribution in [3.63, 3.8) is 0 Å². The molecule has 2 aromatic heterocycles. The summed E-state index contributed by atoms with van der Waals surface area (Å²) >= 11 is 0. The zero-order chi connectivity index (χ0) is 20.7. The molecule has 0 radical (unpaired) electrons. The highest BCUT2D eigenvalue weighted by Gasteiger charge is 2.27. The van der Waals surface area contributed by atoms with E-state index in [2.05, 4.69) is 44.5 Å². The monoisotopic (exact) mass is 400 g/mol. The number of aryl methyl sites for hydroxylation is 1. The number of hydrogen-bond acceptors (Lipinski definition) is 4. The number of nitrogens with zero attached hydrogens (tertiary/aromatic N) is 4. The van der Waals surface area contributed by atoms with Gasteiger partial charge in [0.15, 0.2) is 5.82 Å². The van der Waals surface area contributed by atoms with E-state index in [0.29, 0.717) is 11.7 Å². The minimum absolute atomic E-state index is 0.231. The molecule has 2 heterocycles. The van der Waals surface area contributed by atoms with Crippen LogP contribution in [0.15, 0.2) is 48.8 Å². The molecule has 1 saturated carbocycles. The summed E-state index contributed by atoms with van der Waals surface area (Å²) < 4.78 is 1.93.